The van der Waals surface area contributed by atoms with Crippen molar-refractivity contribution in [1.82, 2.24) is 0 Å². The first-order valence-corrected chi connectivity index (χ1v) is 21.0. The van der Waals surface area contributed by atoms with Crippen LogP contribution in [0.2, 0.25) is 56.4 Å². The third-order valence-electron chi connectivity index (χ3n) is 4.19. The zero-order chi connectivity index (χ0) is 17.9. The average molecular weight is 422 g/mol. The SMILES string of the molecule is CC[Si](Cl)(CC)CC.C[Si](C)(Cl)CCCCCC[Si](C)(C)Cl. The first-order valence-electron chi connectivity index (χ1n) is 8.96. The molecule has 0 aliphatic heterocycles. The number of rotatable bonds is 10. The predicted molar refractivity (Wildman–Crippen MR) is 118 cm³/mol. The molecular formula is C16H39Cl3Si3. The lowest BCUT2D eigenvalue weighted by Crippen LogP contribution is -2.22. The second-order valence-corrected chi connectivity index (χ2v) is 28.4. The molecule has 0 aliphatic rings. The number of hydrogen-bond acceptors (Lipinski definition) is 0. The Kier molecular flexibility index (Phi) is 15.0. The van der Waals surface area contributed by atoms with Crippen molar-refractivity contribution >= 4 is 55.4 Å². The van der Waals surface area contributed by atoms with Gasteiger partial charge in [0.2, 0.25) is 0 Å². The summed E-state index contributed by atoms with van der Waals surface area (Å²) in [5.74, 6) is 0. The average Bonchev–Trinajstić information content (AvgIpc) is 2.40. The largest absolute Gasteiger partial charge is 0.168 e. The fourth-order valence-corrected chi connectivity index (χ4v) is 6.68. The van der Waals surface area contributed by atoms with Gasteiger partial charge in [-0.3, -0.25) is 0 Å². The lowest BCUT2D eigenvalue weighted by Gasteiger charge is -2.17. The molecule has 0 aliphatic carbocycles. The first kappa shape index (κ1) is 25.8. The van der Waals surface area contributed by atoms with Crippen LogP contribution in [0.5, 0.6) is 0 Å². The summed E-state index contributed by atoms with van der Waals surface area (Å²) in [4.78, 5) is 0. The van der Waals surface area contributed by atoms with Crippen molar-refractivity contribution < 1.29 is 0 Å². The van der Waals surface area contributed by atoms with E-state index in [-0.39, 0.29) is 0 Å². The minimum atomic E-state index is -1.30. The van der Waals surface area contributed by atoms with Gasteiger partial charge in [-0.1, -0.05) is 72.6 Å². The van der Waals surface area contributed by atoms with E-state index < -0.39 is 22.2 Å². The zero-order valence-electron chi connectivity index (χ0n) is 16.0. The van der Waals surface area contributed by atoms with Gasteiger partial charge in [0, 0.05) is 0 Å². The lowest BCUT2D eigenvalue weighted by molar-refractivity contribution is 0.694. The molecule has 22 heavy (non-hydrogen) atoms. The van der Waals surface area contributed by atoms with Gasteiger partial charge < -0.3 is 0 Å². The highest BCUT2D eigenvalue weighted by Crippen LogP contribution is 2.24. The topological polar surface area (TPSA) is 0 Å². The molecule has 0 aromatic rings. The van der Waals surface area contributed by atoms with Gasteiger partial charge in [-0.15, -0.1) is 0 Å². The van der Waals surface area contributed by atoms with E-state index in [9.17, 15) is 0 Å². The van der Waals surface area contributed by atoms with Crippen LogP contribution in [0.1, 0.15) is 46.5 Å². The molecule has 0 aromatic heterocycles. The highest BCUT2D eigenvalue weighted by Gasteiger charge is 2.22. The Labute approximate surface area is 157 Å². The monoisotopic (exact) mass is 420 g/mol. The van der Waals surface area contributed by atoms with E-state index in [2.05, 4.69) is 47.0 Å². The molecule has 0 rings (SSSR count). The van der Waals surface area contributed by atoms with Crippen LogP contribution < -0.4 is 0 Å². The zero-order valence-corrected chi connectivity index (χ0v) is 21.3. The van der Waals surface area contributed by atoms with Crippen molar-refractivity contribution in [2.45, 2.75) is 103 Å². The van der Waals surface area contributed by atoms with Crippen LogP contribution in [0.15, 0.2) is 0 Å². The van der Waals surface area contributed by atoms with Crippen LogP contribution in [-0.2, 0) is 0 Å². The summed E-state index contributed by atoms with van der Waals surface area (Å²) in [7, 11) is -3.80. The summed E-state index contributed by atoms with van der Waals surface area (Å²) in [6.07, 6.45) is 5.30. The minimum absolute atomic E-state index is 1.20. The maximum absolute atomic E-state index is 6.24. The highest BCUT2D eigenvalue weighted by atomic mass is 35.6. The molecule has 0 fully saturated rings. The molecule has 0 N–H and O–H groups in total. The van der Waals surface area contributed by atoms with Crippen LogP contribution in [-0.4, -0.2) is 22.2 Å². The maximum Gasteiger partial charge on any atom is 0.155 e. The summed E-state index contributed by atoms with van der Waals surface area (Å²) in [5.41, 5.74) is 0. The summed E-state index contributed by atoms with van der Waals surface area (Å²) < 4.78 is 0. The molecule has 0 nitrogen and oxygen atoms in total. The standard InChI is InChI=1S/C10H24Cl2Si2.C6H15ClSi/c1-13(2,11)9-7-5-6-8-10-14(3,4)12;1-4-8(7,5-2)6-3/h5-10H2,1-4H3;4-6H2,1-3H3. The summed E-state index contributed by atoms with van der Waals surface area (Å²) >= 11 is 18.7. The Morgan fingerprint density at radius 3 is 0.955 bits per heavy atom. The molecule has 0 aromatic carbocycles. The molecule has 0 unspecified atom stereocenters. The van der Waals surface area contributed by atoms with Crippen LogP contribution in [0, 0.1) is 0 Å². The molecule has 0 spiro atoms. The number of hydrogen-bond donors (Lipinski definition) is 0. The van der Waals surface area contributed by atoms with Gasteiger partial charge >= 0.3 is 0 Å². The van der Waals surface area contributed by atoms with Gasteiger partial charge in [0.1, 0.15) is 14.8 Å². The molecule has 0 bridgehead atoms. The van der Waals surface area contributed by atoms with E-state index in [0.29, 0.717) is 0 Å². The van der Waals surface area contributed by atoms with Crippen molar-refractivity contribution in [3.63, 3.8) is 0 Å². The second-order valence-electron chi connectivity index (χ2n) is 7.56. The third-order valence-corrected chi connectivity index (χ3v) is 14.6. The van der Waals surface area contributed by atoms with Gasteiger partial charge in [-0.25, -0.2) is 0 Å². The van der Waals surface area contributed by atoms with E-state index in [4.69, 9.17) is 33.2 Å². The van der Waals surface area contributed by atoms with Crippen molar-refractivity contribution in [3.8, 4) is 0 Å². The normalized spacial score (nSPS) is 12.8. The molecule has 0 atom stereocenters. The molecular weight excluding hydrogens is 383 g/mol. The predicted octanol–water partition coefficient (Wildman–Crippen LogP) is 8.67. The van der Waals surface area contributed by atoms with Gasteiger partial charge in [0.05, 0.1) is 0 Å². The fraction of sp³-hybridized carbons (Fsp3) is 1.00. The molecule has 136 valence electrons. The lowest BCUT2D eigenvalue weighted by atomic mass is 10.2. The van der Waals surface area contributed by atoms with Crippen molar-refractivity contribution in [3.05, 3.63) is 0 Å². The van der Waals surface area contributed by atoms with Crippen molar-refractivity contribution in [2.24, 2.45) is 0 Å². The smallest absolute Gasteiger partial charge is 0.155 e. The van der Waals surface area contributed by atoms with E-state index >= 15 is 0 Å². The fourth-order valence-electron chi connectivity index (χ4n) is 2.19. The van der Waals surface area contributed by atoms with Gasteiger partial charge in [-0.2, -0.15) is 33.2 Å². The van der Waals surface area contributed by atoms with E-state index in [1.54, 1.807) is 0 Å². The Bertz CT molecular complexity index is 230. The van der Waals surface area contributed by atoms with Crippen molar-refractivity contribution in [2.75, 3.05) is 0 Å². The van der Waals surface area contributed by atoms with Crippen LogP contribution in [0.4, 0.5) is 0 Å². The number of unbranched alkanes of at least 4 members (excludes halogenated alkanes) is 3. The first-order chi connectivity index (χ1) is 9.89. The summed E-state index contributed by atoms with van der Waals surface area (Å²) in [5, 5.41) is 0. The molecule has 0 saturated carbocycles. The van der Waals surface area contributed by atoms with Crippen molar-refractivity contribution in [1.29, 1.82) is 0 Å². The molecule has 0 amide bonds. The van der Waals surface area contributed by atoms with Crippen LogP contribution in [0.25, 0.3) is 0 Å². The summed E-state index contributed by atoms with van der Waals surface area (Å²) in [6, 6.07) is 6.19. The third kappa shape index (κ3) is 19.6. The maximum atomic E-state index is 6.24. The second kappa shape index (κ2) is 12.8. The quantitative estimate of drug-likeness (QED) is 0.188. The van der Waals surface area contributed by atoms with Gasteiger partial charge in [0.25, 0.3) is 0 Å². The Balaban J connectivity index is 0. The number of halogens is 3. The molecule has 0 saturated heterocycles. The van der Waals surface area contributed by atoms with Crippen LogP contribution in [0.3, 0.4) is 0 Å². The van der Waals surface area contributed by atoms with Crippen LogP contribution >= 0.6 is 33.2 Å². The van der Waals surface area contributed by atoms with Gasteiger partial charge in [0.15, 0.2) is 7.38 Å². The minimum Gasteiger partial charge on any atom is -0.168 e. The van der Waals surface area contributed by atoms with E-state index in [0.717, 1.165) is 0 Å². The molecule has 6 heteroatoms. The highest BCUT2D eigenvalue weighted by molar-refractivity contribution is 7.20. The van der Waals surface area contributed by atoms with E-state index in [1.165, 1.54) is 55.9 Å². The van der Waals surface area contributed by atoms with Gasteiger partial charge in [-0.05, 0) is 30.2 Å². The summed E-state index contributed by atoms with van der Waals surface area (Å²) in [6.45, 7) is 15.5. The Morgan fingerprint density at radius 2 is 0.818 bits per heavy atom. The molecule has 0 heterocycles. The van der Waals surface area contributed by atoms with E-state index in [1.807, 2.05) is 0 Å². The molecule has 0 radical (unpaired) electrons. The Morgan fingerprint density at radius 1 is 0.545 bits per heavy atom. The Hall–Kier alpha value is 1.52.